The minimum atomic E-state index is -0.0972. The lowest BCUT2D eigenvalue weighted by atomic mass is 10.2. The zero-order chi connectivity index (χ0) is 12.3. The maximum Gasteiger partial charge on any atom is 0.146 e. The number of ether oxygens (including phenoxy) is 1. The fraction of sp³-hybridized carbons (Fsp3) is 0.231. The third kappa shape index (κ3) is 3.02. The molecule has 1 aromatic heterocycles. The topological polar surface area (TPSA) is 42.6 Å². The summed E-state index contributed by atoms with van der Waals surface area (Å²) in [5, 5.41) is 9.57. The van der Waals surface area contributed by atoms with Crippen LogP contribution < -0.4 is 4.74 Å². The summed E-state index contributed by atoms with van der Waals surface area (Å²) in [4.78, 5) is 0. The average molecular weight is 253 g/mol. The second-order valence-corrected chi connectivity index (χ2v) is 4.13. The summed E-state index contributed by atoms with van der Waals surface area (Å²) in [6, 6.07) is 9.00. The van der Waals surface area contributed by atoms with E-state index in [1.165, 1.54) is 0 Å². The second kappa shape index (κ2) is 5.25. The highest BCUT2D eigenvalue weighted by Crippen LogP contribution is 2.22. The summed E-state index contributed by atoms with van der Waals surface area (Å²) in [6.07, 6.45) is 0. The number of hydrogen-bond donors (Lipinski definition) is 1. The molecule has 0 aliphatic carbocycles. The molecule has 1 N–H and O–H groups in total. The van der Waals surface area contributed by atoms with Gasteiger partial charge >= 0.3 is 0 Å². The van der Waals surface area contributed by atoms with E-state index in [-0.39, 0.29) is 6.61 Å². The molecule has 0 aliphatic rings. The Bertz CT molecular complexity index is 505. The standard InChI is InChI=1S/C13H13ClO3/c1-9-6-10(4-5-13(9)14)16-8-12-3-2-11(7-15)17-12/h2-6,15H,7-8H2,1H3. The van der Waals surface area contributed by atoms with Crippen LogP contribution in [0.2, 0.25) is 5.02 Å². The first kappa shape index (κ1) is 12.0. The van der Waals surface area contributed by atoms with E-state index in [2.05, 4.69) is 0 Å². The third-order valence-electron chi connectivity index (χ3n) is 2.38. The minimum absolute atomic E-state index is 0.0972. The Labute approximate surface area is 105 Å². The van der Waals surface area contributed by atoms with Gasteiger partial charge in [-0.25, -0.2) is 0 Å². The number of aliphatic hydroxyl groups excluding tert-OH is 1. The van der Waals surface area contributed by atoms with Gasteiger partial charge in [0.15, 0.2) is 0 Å². The molecule has 0 amide bonds. The highest BCUT2D eigenvalue weighted by molar-refractivity contribution is 6.31. The molecule has 1 heterocycles. The number of hydrogen-bond acceptors (Lipinski definition) is 3. The molecule has 1 aromatic carbocycles. The molecule has 0 unspecified atom stereocenters. The van der Waals surface area contributed by atoms with Crippen LogP contribution in [0.4, 0.5) is 0 Å². The lowest BCUT2D eigenvalue weighted by Crippen LogP contribution is -1.94. The molecule has 0 fully saturated rings. The molecule has 0 saturated heterocycles. The zero-order valence-corrected chi connectivity index (χ0v) is 10.2. The van der Waals surface area contributed by atoms with E-state index in [4.69, 9.17) is 25.9 Å². The van der Waals surface area contributed by atoms with Crippen molar-refractivity contribution >= 4 is 11.6 Å². The van der Waals surface area contributed by atoms with Crippen molar-refractivity contribution in [1.29, 1.82) is 0 Å². The molecule has 0 atom stereocenters. The van der Waals surface area contributed by atoms with Gasteiger partial charge in [-0.3, -0.25) is 0 Å². The zero-order valence-electron chi connectivity index (χ0n) is 9.44. The Morgan fingerprint density at radius 1 is 1.24 bits per heavy atom. The molecule has 0 radical (unpaired) electrons. The molecular formula is C13H13ClO3. The van der Waals surface area contributed by atoms with Gasteiger partial charge in [0, 0.05) is 5.02 Å². The van der Waals surface area contributed by atoms with Crippen molar-refractivity contribution in [1.82, 2.24) is 0 Å². The van der Waals surface area contributed by atoms with Crippen LogP contribution >= 0.6 is 11.6 Å². The number of halogens is 1. The Morgan fingerprint density at radius 3 is 2.65 bits per heavy atom. The molecule has 2 aromatic rings. The van der Waals surface area contributed by atoms with Crippen molar-refractivity contribution in [2.24, 2.45) is 0 Å². The van der Waals surface area contributed by atoms with Crippen molar-refractivity contribution in [2.75, 3.05) is 0 Å². The van der Waals surface area contributed by atoms with Gasteiger partial charge in [-0.15, -0.1) is 0 Å². The molecule has 0 bridgehead atoms. The first-order valence-electron chi connectivity index (χ1n) is 5.26. The van der Waals surface area contributed by atoms with Crippen molar-refractivity contribution in [2.45, 2.75) is 20.1 Å². The Morgan fingerprint density at radius 2 is 2.00 bits per heavy atom. The van der Waals surface area contributed by atoms with E-state index in [1.807, 2.05) is 19.1 Å². The highest BCUT2D eigenvalue weighted by Gasteiger charge is 2.03. The fourth-order valence-electron chi connectivity index (χ4n) is 1.45. The predicted molar refractivity (Wildman–Crippen MR) is 65.2 cm³/mol. The first-order chi connectivity index (χ1) is 8.19. The van der Waals surface area contributed by atoms with Gasteiger partial charge in [-0.05, 0) is 42.8 Å². The van der Waals surface area contributed by atoms with Gasteiger partial charge in [-0.1, -0.05) is 11.6 Å². The Kier molecular flexibility index (Phi) is 3.71. The molecule has 2 rings (SSSR count). The monoisotopic (exact) mass is 252 g/mol. The molecular weight excluding hydrogens is 240 g/mol. The minimum Gasteiger partial charge on any atom is -0.486 e. The molecule has 0 saturated carbocycles. The van der Waals surface area contributed by atoms with Gasteiger partial charge in [0.25, 0.3) is 0 Å². The van der Waals surface area contributed by atoms with E-state index >= 15 is 0 Å². The number of benzene rings is 1. The van der Waals surface area contributed by atoms with Crippen LogP contribution in [0.25, 0.3) is 0 Å². The van der Waals surface area contributed by atoms with Gasteiger partial charge < -0.3 is 14.3 Å². The normalized spacial score (nSPS) is 10.5. The summed E-state index contributed by atoms with van der Waals surface area (Å²) < 4.78 is 10.9. The van der Waals surface area contributed by atoms with Crippen LogP contribution in [-0.4, -0.2) is 5.11 Å². The summed E-state index contributed by atoms with van der Waals surface area (Å²) >= 11 is 5.92. The molecule has 17 heavy (non-hydrogen) atoms. The quantitative estimate of drug-likeness (QED) is 0.908. The van der Waals surface area contributed by atoms with Gasteiger partial charge in [-0.2, -0.15) is 0 Å². The van der Waals surface area contributed by atoms with Crippen LogP contribution in [0.3, 0.4) is 0 Å². The molecule has 3 nitrogen and oxygen atoms in total. The number of aryl methyl sites for hydroxylation is 1. The smallest absolute Gasteiger partial charge is 0.146 e. The van der Waals surface area contributed by atoms with Crippen LogP contribution in [0.15, 0.2) is 34.7 Å². The second-order valence-electron chi connectivity index (χ2n) is 3.73. The number of furan rings is 1. The van der Waals surface area contributed by atoms with Crippen molar-refractivity contribution in [3.63, 3.8) is 0 Å². The number of rotatable bonds is 4. The van der Waals surface area contributed by atoms with Crippen LogP contribution in [0, 0.1) is 6.92 Å². The van der Waals surface area contributed by atoms with Crippen molar-refractivity contribution in [3.8, 4) is 5.75 Å². The summed E-state index contributed by atoms with van der Waals surface area (Å²) in [5.41, 5.74) is 0.972. The van der Waals surface area contributed by atoms with Crippen molar-refractivity contribution in [3.05, 3.63) is 52.4 Å². The predicted octanol–water partition coefficient (Wildman–Crippen LogP) is 3.31. The van der Waals surface area contributed by atoms with Crippen LogP contribution in [0.1, 0.15) is 17.1 Å². The lowest BCUT2D eigenvalue weighted by Gasteiger charge is -2.05. The van der Waals surface area contributed by atoms with E-state index in [0.29, 0.717) is 18.1 Å². The maximum atomic E-state index is 8.85. The molecule has 90 valence electrons. The van der Waals surface area contributed by atoms with Crippen LogP contribution in [-0.2, 0) is 13.2 Å². The van der Waals surface area contributed by atoms with Crippen LogP contribution in [0.5, 0.6) is 5.75 Å². The molecule has 0 aliphatic heterocycles. The van der Waals surface area contributed by atoms with E-state index in [0.717, 1.165) is 16.3 Å². The SMILES string of the molecule is Cc1cc(OCc2ccc(CO)o2)ccc1Cl. The molecule has 0 spiro atoms. The molecule has 4 heteroatoms. The third-order valence-corrected chi connectivity index (χ3v) is 2.81. The van der Waals surface area contributed by atoms with Crippen molar-refractivity contribution < 1.29 is 14.3 Å². The Hall–Kier alpha value is -1.45. The van der Waals surface area contributed by atoms with E-state index in [9.17, 15) is 0 Å². The van der Waals surface area contributed by atoms with E-state index in [1.54, 1.807) is 18.2 Å². The van der Waals surface area contributed by atoms with Gasteiger partial charge in [0.2, 0.25) is 0 Å². The van der Waals surface area contributed by atoms with E-state index < -0.39 is 0 Å². The van der Waals surface area contributed by atoms with Gasteiger partial charge in [0.1, 0.15) is 30.5 Å². The van der Waals surface area contributed by atoms with Gasteiger partial charge in [0.05, 0.1) is 0 Å². The largest absolute Gasteiger partial charge is 0.486 e. The summed E-state index contributed by atoms with van der Waals surface area (Å²) in [7, 11) is 0. The lowest BCUT2D eigenvalue weighted by molar-refractivity contribution is 0.225. The first-order valence-corrected chi connectivity index (χ1v) is 5.64. The maximum absolute atomic E-state index is 8.85. The fourth-order valence-corrected chi connectivity index (χ4v) is 1.56. The Balaban J connectivity index is 1.99. The average Bonchev–Trinajstić information content (AvgIpc) is 2.79. The highest BCUT2D eigenvalue weighted by atomic mass is 35.5. The number of aliphatic hydroxyl groups is 1. The summed E-state index contributed by atoms with van der Waals surface area (Å²) in [5.74, 6) is 1.96. The summed E-state index contributed by atoms with van der Waals surface area (Å²) in [6.45, 7) is 2.16.